The van der Waals surface area contributed by atoms with Crippen LogP contribution in [0.5, 0.6) is 0 Å². The molecule has 0 aliphatic carbocycles. The molecule has 0 spiro atoms. The summed E-state index contributed by atoms with van der Waals surface area (Å²) in [5, 5.41) is 0.866. The highest BCUT2D eigenvalue weighted by Crippen LogP contribution is 2.28. The highest BCUT2D eigenvalue weighted by Gasteiger charge is 2.23. The Labute approximate surface area is 113 Å². The smallest absolute Gasteiger partial charge is 0.0476 e. The first-order chi connectivity index (χ1) is 8.75. The quantitative estimate of drug-likeness (QED) is 0.799. The van der Waals surface area contributed by atoms with Crippen molar-refractivity contribution in [3.05, 3.63) is 58.9 Å². The second-order valence-electron chi connectivity index (χ2n) is 4.86. The molecule has 1 aliphatic heterocycles. The molecule has 1 aromatic carbocycles. The molecule has 3 rings (SSSR count). The van der Waals surface area contributed by atoms with E-state index in [1.165, 1.54) is 11.3 Å². The molecular weight excluding hydrogens is 244 g/mol. The molecule has 0 bridgehead atoms. The van der Waals surface area contributed by atoms with Gasteiger partial charge < -0.3 is 4.57 Å². The third-order valence-corrected chi connectivity index (χ3v) is 4.17. The number of nitrogens with zero attached hydrogens (tertiary/aromatic N) is 2. The number of hydrogen-bond donors (Lipinski definition) is 0. The number of rotatable bonds is 2. The normalized spacial score (nSPS) is 19.8. The molecule has 1 aromatic heterocycles. The van der Waals surface area contributed by atoms with Gasteiger partial charge in [0.25, 0.3) is 0 Å². The lowest BCUT2D eigenvalue weighted by Crippen LogP contribution is -2.35. The Morgan fingerprint density at radius 3 is 2.83 bits per heavy atom. The molecule has 1 aliphatic rings. The predicted molar refractivity (Wildman–Crippen MR) is 74.7 cm³/mol. The van der Waals surface area contributed by atoms with Gasteiger partial charge in [-0.2, -0.15) is 0 Å². The van der Waals surface area contributed by atoms with E-state index in [1.54, 1.807) is 0 Å². The van der Waals surface area contributed by atoms with E-state index in [1.807, 2.05) is 12.1 Å². The predicted octanol–water partition coefficient (Wildman–Crippen LogP) is 3.72. The third-order valence-electron chi connectivity index (χ3n) is 3.80. The fraction of sp³-hybridized carbons (Fsp3) is 0.333. The van der Waals surface area contributed by atoms with Crippen molar-refractivity contribution in [3.8, 4) is 0 Å². The molecule has 18 heavy (non-hydrogen) atoms. The summed E-state index contributed by atoms with van der Waals surface area (Å²) in [6.07, 6.45) is 2.17. The van der Waals surface area contributed by atoms with Gasteiger partial charge >= 0.3 is 0 Å². The van der Waals surface area contributed by atoms with Gasteiger partial charge in [0.1, 0.15) is 0 Å². The summed E-state index contributed by atoms with van der Waals surface area (Å²) in [6.45, 7) is 5.33. The van der Waals surface area contributed by atoms with Crippen LogP contribution in [0.15, 0.2) is 42.6 Å². The fourth-order valence-corrected chi connectivity index (χ4v) is 2.88. The van der Waals surface area contributed by atoms with Crippen LogP contribution in [0.25, 0.3) is 0 Å². The van der Waals surface area contributed by atoms with Crippen molar-refractivity contribution in [2.24, 2.45) is 0 Å². The molecule has 2 heterocycles. The van der Waals surface area contributed by atoms with Crippen LogP contribution < -0.4 is 0 Å². The largest absolute Gasteiger partial charge is 0.349 e. The van der Waals surface area contributed by atoms with Crippen LogP contribution in [-0.2, 0) is 13.1 Å². The molecular formula is C15H17ClN2. The average molecular weight is 261 g/mol. The Morgan fingerprint density at radius 2 is 2.00 bits per heavy atom. The van der Waals surface area contributed by atoms with Gasteiger partial charge in [-0.3, -0.25) is 4.90 Å². The molecule has 0 N–H and O–H groups in total. The zero-order valence-electron chi connectivity index (χ0n) is 10.5. The lowest BCUT2D eigenvalue weighted by atomic mass is 10.1. The summed E-state index contributed by atoms with van der Waals surface area (Å²) in [5.41, 5.74) is 2.61. The van der Waals surface area contributed by atoms with Gasteiger partial charge in [0, 0.05) is 42.6 Å². The average Bonchev–Trinajstić information content (AvgIpc) is 2.84. The van der Waals surface area contributed by atoms with E-state index in [-0.39, 0.29) is 0 Å². The monoisotopic (exact) mass is 260 g/mol. The Morgan fingerprint density at radius 1 is 1.17 bits per heavy atom. The fourth-order valence-electron chi connectivity index (χ4n) is 2.69. The van der Waals surface area contributed by atoms with Gasteiger partial charge in [-0.25, -0.2) is 0 Å². The Hall–Kier alpha value is -1.25. The van der Waals surface area contributed by atoms with Gasteiger partial charge in [-0.1, -0.05) is 29.8 Å². The van der Waals surface area contributed by atoms with Crippen molar-refractivity contribution < 1.29 is 0 Å². The number of benzene rings is 1. The molecule has 1 unspecified atom stereocenters. The second-order valence-corrected chi connectivity index (χ2v) is 5.27. The van der Waals surface area contributed by atoms with Gasteiger partial charge in [0.15, 0.2) is 0 Å². The van der Waals surface area contributed by atoms with Crippen molar-refractivity contribution in [2.75, 3.05) is 6.54 Å². The van der Waals surface area contributed by atoms with Gasteiger partial charge in [-0.05, 0) is 30.7 Å². The van der Waals surface area contributed by atoms with Crippen molar-refractivity contribution in [1.82, 2.24) is 9.47 Å². The topological polar surface area (TPSA) is 8.17 Å². The lowest BCUT2D eigenvalue weighted by Gasteiger charge is -2.35. The minimum absolute atomic E-state index is 0.449. The zero-order chi connectivity index (χ0) is 12.5. The van der Waals surface area contributed by atoms with Crippen molar-refractivity contribution in [3.63, 3.8) is 0 Å². The highest BCUT2D eigenvalue weighted by atomic mass is 35.5. The van der Waals surface area contributed by atoms with Crippen LogP contribution in [0.4, 0.5) is 0 Å². The van der Waals surface area contributed by atoms with Crippen molar-refractivity contribution in [1.29, 1.82) is 0 Å². The van der Waals surface area contributed by atoms with Crippen LogP contribution in [0.3, 0.4) is 0 Å². The first-order valence-corrected chi connectivity index (χ1v) is 6.76. The molecule has 0 saturated carbocycles. The number of halogens is 1. The molecule has 2 nitrogen and oxygen atoms in total. The lowest BCUT2D eigenvalue weighted by molar-refractivity contribution is 0.161. The van der Waals surface area contributed by atoms with E-state index in [9.17, 15) is 0 Å². The molecule has 0 amide bonds. The molecule has 0 fully saturated rings. The van der Waals surface area contributed by atoms with Crippen LogP contribution in [-0.4, -0.2) is 16.0 Å². The van der Waals surface area contributed by atoms with Crippen molar-refractivity contribution >= 4 is 11.6 Å². The SMILES string of the molecule is CC1c2cccn2CCN1Cc1ccccc1Cl. The number of hydrogen-bond acceptors (Lipinski definition) is 1. The van der Waals surface area contributed by atoms with E-state index in [4.69, 9.17) is 11.6 Å². The first-order valence-electron chi connectivity index (χ1n) is 6.38. The summed E-state index contributed by atoms with van der Waals surface area (Å²) in [4.78, 5) is 2.48. The number of aromatic nitrogens is 1. The van der Waals surface area contributed by atoms with E-state index in [0.29, 0.717) is 6.04 Å². The van der Waals surface area contributed by atoms with Crippen LogP contribution in [0.1, 0.15) is 24.2 Å². The third kappa shape index (κ3) is 2.06. The minimum atomic E-state index is 0.449. The zero-order valence-corrected chi connectivity index (χ0v) is 11.3. The summed E-state index contributed by atoms with van der Waals surface area (Å²) >= 11 is 6.24. The van der Waals surface area contributed by atoms with E-state index in [2.05, 4.69) is 46.9 Å². The Bertz CT molecular complexity index is 547. The number of fused-ring (bicyclic) bond motifs is 1. The van der Waals surface area contributed by atoms with Gasteiger partial charge in [0.2, 0.25) is 0 Å². The molecule has 2 aromatic rings. The van der Waals surface area contributed by atoms with E-state index in [0.717, 1.165) is 24.7 Å². The first kappa shape index (κ1) is 11.8. The maximum atomic E-state index is 6.24. The van der Waals surface area contributed by atoms with Gasteiger partial charge in [0.05, 0.1) is 0 Å². The minimum Gasteiger partial charge on any atom is -0.349 e. The van der Waals surface area contributed by atoms with Crippen LogP contribution in [0, 0.1) is 0 Å². The Kier molecular flexibility index (Phi) is 3.14. The summed E-state index contributed by atoms with van der Waals surface area (Å²) < 4.78 is 2.34. The summed E-state index contributed by atoms with van der Waals surface area (Å²) in [7, 11) is 0. The van der Waals surface area contributed by atoms with Gasteiger partial charge in [-0.15, -0.1) is 0 Å². The molecule has 94 valence electrons. The summed E-state index contributed by atoms with van der Waals surface area (Å²) in [6, 6.07) is 12.9. The van der Waals surface area contributed by atoms with E-state index < -0.39 is 0 Å². The van der Waals surface area contributed by atoms with Crippen LogP contribution >= 0.6 is 11.6 Å². The molecule has 0 saturated heterocycles. The summed E-state index contributed by atoms with van der Waals surface area (Å²) in [5.74, 6) is 0. The standard InChI is InChI=1S/C15H17ClN2/c1-12-15-7-4-8-17(15)9-10-18(12)11-13-5-2-3-6-14(13)16/h2-8,12H,9-11H2,1H3. The Balaban J connectivity index is 1.81. The molecule has 0 radical (unpaired) electrons. The molecule has 1 atom stereocenters. The maximum Gasteiger partial charge on any atom is 0.0476 e. The van der Waals surface area contributed by atoms with E-state index >= 15 is 0 Å². The van der Waals surface area contributed by atoms with Crippen LogP contribution in [0.2, 0.25) is 5.02 Å². The second kappa shape index (κ2) is 4.79. The highest BCUT2D eigenvalue weighted by molar-refractivity contribution is 6.31. The van der Waals surface area contributed by atoms with Crippen molar-refractivity contribution in [2.45, 2.75) is 26.1 Å². The maximum absolute atomic E-state index is 6.24. The molecule has 3 heteroatoms.